The van der Waals surface area contributed by atoms with E-state index in [9.17, 15) is 0 Å². The highest BCUT2D eigenvalue weighted by molar-refractivity contribution is 4.92. The second-order valence-corrected chi connectivity index (χ2v) is 9.20. The zero-order valence-corrected chi connectivity index (χ0v) is 17.8. The third kappa shape index (κ3) is 6.00. The second kappa shape index (κ2) is 9.54. The van der Waals surface area contributed by atoms with E-state index in [0.29, 0.717) is 0 Å². The zero-order chi connectivity index (χ0) is 18.3. The van der Waals surface area contributed by atoms with Crippen molar-refractivity contribution in [3.8, 4) is 0 Å². The van der Waals surface area contributed by atoms with Gasteiger partial charge in [0.1, 0.15) is 0 Å². The SMILES string of the molecule is CCC[N+](CCC)(CCC)CCCON1C(C)(C)CCCC1(C)C. The minimum Gasteiger partial charge on any atom is -0.324 e. The molecule has 1 saturated heterocycles. The predicted molar refractivity (Wildman–Crippen MR) is 105 cm³/mol. The van der Waals surface area contributed by atoms with Crippen molar-refractivity contribution in [2.45, 2.75) is 104 Å². The van der Waals surface area contributed by atoms with E-state index in [0.717, 1.165) is 6.61 Å². The molecule has 1 heterocycles. The molecule has 1 aliphatic rings. The monoisotopic (exact) mass is 341 g/mol. The van der Waals surface area contributed by atoms with Gasteiger partial charge in [-0.3, -0.25) is 4.84 Å². The highest BCUT2D eigenvalue weighted by Crippen LogP contribution is 2.38. The average Bonchev–Trinajstić information content (AvgIpc) is 2.45. The van der Waals surface area contributed by atoms with Crippen LogP contribution in [-0.2, 0) is 4.84 Å². The van der Waals surface area contributed by atoms with Gasteiger partial charge in [0.25, 0.3) is 0 Å². The lowest BCUT2D eigenvalue weighted by Crippen LogP contribution is -2.58. The molecule has 144 valence electrons. The third-order valence-electron chi connectivity index (χ3n) is 5.77. The molecule has 1 aliphatic heterocycles. The molecule has 0 atom stereocenters. The van der Waals surface area contributed by atoms with Gasteiger partial charge in [-0.1, -0.05) is 20.8 Å². The van der Waals surface area contributed by atoms with Crippen LogP contribution >= 0.6 is 0 Å². The fourth-order valence-corrected chi connectivity index (χ4v) is 4.98. The van der Waals surface area contributed by atoms with Gasteiger partial charge in [-0.25, -0.2) is 0 Å². The molecule has 0 aromatic heterocycles. The molecule has 3 heteroatoms. The van der Waals surface area contributed by atoms with Crippen LogP contribution in [0.15, 0.2) is 0 Å². The topological polar surface area (TPSA) is 12.5 Å². The smallest absolute Gasteiger partial charge is 0.0809 e. The summed E-state index contributed by atoms with van der Waals surface area (Å²) in [5.41, 5.74) is 0.313. The predicted octanol–water partition coefficient (Wildman–Crippen LogP) is 5.40. The lowest BCUT2D eigenvalue weighted by Gasteiger charge is -2.51. The second-order valence-electron chi connectivity index (χ2n) is 9.20. The van der Waals surface area contributed by atoms with E-state index in [2.05, 4.69) is 53.5 Å². The van der Waals surface area contributed by atoms with Gasteiger partial charge in [0, 0.05) is 17.5 Å². The van der Waals surface area contributed by atoms with Crippen molar-refractivity contribution in [3.63, 3.8) is 0 Å². The Hall–Kier alpha value is -0.120. The normalized spacial score (nSPS) is 21.1. The first-order chi connectivity index (χ1) is 11.2. The summed E-state index contributed by atoms with van der Waals surface area (Å²) in [6.45, 7) is 22.4. The first-order valence-electron chi connectivity index (χ1n) is 10.5. The van der Waals surface area contributed by atoms with E-state index in [-0.39, 0.29) is 11.1 Å². The number of quaternary nitrogens is 1. The van der Waals surface area contributed by atoms with E-state index < -0.39 is 0 Å². The maximum Gasteiger partial charge on any atom is 0.0809 e. The lowest BCUT2D eigenvalue weighted by molar-refractivity contribution is -0.928. The van der Waals surface area contributed by atoms with E-state index in [1.807, 2.05) is 0 Å². The van der Waals surface area contributed by atoms with Gasteiger partial charge in [-0.2, -0.15) is 5.06 Å². The number of nitrogens with zero attached hydrogens (tertiary/aromatic N) is 2. The maximum atomic E-state index is 6.37. The maximum absolute atomic E-state index is 6.37. The van der Waals surface area contributed by atoms with E-state index in [1.165, 1.54) is 75.6 Å². The van der Waals surface area contributed by atoms with Crippen LogP contribution in [0.2, 0.25) is 0 Å². The van der Waals surface area contributed by atoms with Gasteiger partial charge < -0.3 is 4.48 Å². The fraction of sp³-hybridized carbons (Fsp3) is 1.00. The van der Waals surface area contributed by atoms with Gasteiger partial charge in [-0.05, 0) is 66.2 Å². The van der Waals surface area contributed by atoms with Crippen LogP contribution in [0.25, 0.3) is 0 Å². The molecule has 0 spiro atoms. The van der Waals surface area contributed by atoms with Gasteiger partial charge in [-0.15, -0.1) is 0 Å². The summed E-state index contributed by atoms with van der Waals surface area (Å²) >= 11 is 0. The Balaban J connectivity index is 2.57. The Kier molecular flexibility index (Phi) is 8.72. The van der Waals surface area contributed by atoms with Gasteiger partial charge >= 0.3 is 0 Å². The molecule has 0 N–H and O–H groups in total. The summed E-state index contributed by atoms with van der Waals surface area (Å²) < 4.78 is 1.29. The van der Waals surface area contributed by atoms with Crippen LogP contribution < -0.4 is 0 Å². The van der Waals surface area contributed by atoms with E-state index in [4.69, 9.17) is 4.84 Å². The first kappa shape index (κ1) is 21.9. The molecule has 1 fully saturated rings. The molecule has 0 saturated carbocycles. The van der Waals surface area contributed by atoms with Crippen LogP contribution in [0.3, 0.4) is 0 Å². The number of hydroxylamine groups is 2. The summed E-state index contributed by atoms with van der Waals surface area (Å²) in [5.74, 6) is 0. The quantitative estimate of drug-likeness (QED) is 0.368. The summed E-state index contributed by atoms with van der Waals surface area (Å²) in [4.78, 5) is 6.37. The van der Waals surface area contributed by atoms with Gasteiger partial charge in [0.05, 0.1) is 32.8 Å². The first-order valence-corrected chi connectivity index (χ1v) is 10.5. The van der Waals surface area contributed by atoms with Crippen molar-refractivity contribution in [1.29, 1.82) is 0 Å². The van der Waals surface area contributed by atoms with Crippen LogP contribution in [-0.4, -0.2) is 53.4 Å². The van der Waals surface area contributed by atoms with Crippen molar-refractivity contribution in [3.05, 3.63) is 0 Å². The van der Waals surface area contributed by atoms with E-state index in [1.54, 1.807) is 0 Å². The Morgan fingerprint density at radius 2 is 1.25 bits per heavy atom. The molecule has 3 nitrogen and oxygen atoms in total. The van der Waals surface area contributed by atoms with Crippen LogP contribution in [0.4, 0.5) is 0 Å². The third-order valence-corrected chi connectivity index (χ3v) is 5.77. The summed E-state index contributed by atoms with van der Waals surface area (Å²) in [7, 11) is 0. The van der Waals surface area contributed by atoms with Gasteiger partial charge in [0.2, 0.25) is 0 Å². The number of hydrogen-bond donors (Lipinski definition) is 0. The molecule has 1 rings (SSSR count). The standard InChI is InChI=1S/C21H45N2O/c1-8-15-23(16-9-2,17-10-3)18-12-19-24-22-20(4,5)13-11-14-21(22,6)7/h8-19H2,1-7H3/q+1. The molecule has 24 heavy (non-hydrogen) atoms. The molecule has 0 radical (unpaired) electrons. The summed E-state index contributed by atoms with van der Waals surface area (Å²) in [6, 6.07) is 0. The number of piperidine rings is 1. The minimum atomic E-state index is 0.157. The molecular formula is C21H45N2O+. The molecule has 0 aliphatic carbocycles. The average molecular weight is 342 g/mol. The van der Waals surface area contributed by atoms with Gasteiger partial charge in [0.15, 0.2) is 0 Å². The lowest BCUT2D eigenvalue weighted by atomic mass is 9.82. The molecule has 0 aromatic carbocycles. The molecule has 0 bridgehead atoms. The highest BCUT2D eigenvalue weighted by Gasteiger charge is 2.42. The van der Waals surface area contributed by atoms with Crippen molar-refractivity contribution < 1.29 is 9.32 Å². The minimum absolute atomic E-state index is 0.157. The molecule has 0 amide bonds. The summed E-state index contributed by atoms with van der Waals surface area (Å²) in [5, 5.41) is 2.32. The largest absolute Gasteiger partial charge is 0.324 e. The van der Waals surface area contributed by atoms with Crippen molar-refractivity contribution in [1.82, 2.24) is 5.06 Å². The Labute approximate surface area is 152 Å². The molecular weight excluding hydrogens is 296 g/mol. The van der Waals surface area contributed by atoms with Crippen LogP contribution in [0.5, 0.6) is 0 Å². The van der Waals surface area contributed by atoms with E-state index >= 15 is 0 Å². The zero-order valence-electron chi connectivity index (χ0n) is 17.8. The Morgan fingerprint density at radius 1 is 0.792 bits per heavy atom. The van der Waals surface area contributed by atoms with Crippen molar-refractivity contribution in [2.75, 3.05) is 32.8 Å². The van der Waals surface area contributed by atoms with Crippen LogP contribution in [0.1, 0.15) is 93.4 Å². The highest BCUT2D eigenvalue weighted by atomic mass is 16.7. The van der Waals surface area contributed by atoms with Crippen molar-refractivity contribution >= 4 is 0 Å². The Morgan fingerprint density at radius 3 is 1.67 bits per heavy atom. The van der Waals surface area contributed by atoms with Crippen LogP contribution in [0, 0.1) is 0 Å². The number of hydrogen-bond acceptors (Lipinski definition) is 2. The van der Waals surface area contributed by atoms with Crippen molar-refractivity contribution in [2.24, 2.45) is 0 Å². The molecule has 0 unspecified atom stereocenters. The summed E-state index contributed by atoms with van der Waals surface area (Å²) in [6.07, 6.45) is 8.80. The Bertz CT molecular complexity index is 319. The molecule has 0 aromatic rings. The fourth-order valence-electron chi connectivity index (χ4n) is 4.98. The number of rotatable bonds is 11.